The maximum Gasteiger partial charge on any atom is 0.0484 e. The van der Waals surface area contributed by atoms with E-state index in [-0.39, 0.29) is 0 Å². The lowest BCUT2D eigenvalue weighted by atomic mass is 10.0. The third kappa shape index (κ3) is 4.77. The molecule has 90 valence electrons. The molecule has 0 aliphatic heterocycles. The van der Waals surface area contributed by atoms with E-state index in [1.807, 2.05) is 0 Å². The molecule has 2 nitrogen and oxygen atoms in total. The van der Waals surface area contributed by atoms with Gasteiger partial charge in [-0.3, -0.25) is 0 Å². The summed E-state index contributed by atoms with van der Waals surface area (Å²) in [6.07, 6.45) is 2.13. The van der Waals surface area contributed by atoms with Crippen molar-refractivity contribution in [3.63, 3.8) is 0 Å². The molecule has 0 aromatic heterocycles. The second-order valence-corrected chi connectivity index (χ2v) is 3.92. The van der Waals surface area contributed by atoms with Gasteiger partial charge in [-0.1, -0.05) is 44.2 Å². The van der Waals surface area contributed by atoms with E-state index in [2.05, 4.69) is 49.5 Å². The van der Waals surface area contributed by atoms with E-state index in [9.17, 15) is 0 Å². The van der Waals surface area contributed by atoms with Crippen molar-refractivity contribution in [3.05, 3.63) is 35.9 Å². The highest BCUT2D eigenvalue weighted by molar-refractivity contribution is 5.18. The molecule has 0 bridgehead atoms. The Kier molecular flexibility index (Phi) is 6.86. The molecule has 0 aliphatic rings. The van der Waals surface area contributed by atoms with Crippen molar-refractivity contribution in [2.75, 3.05) is 19.8 Å². The Balaban J connectivity index is 2.41. The number of nitrogens with one attached hydrogen (secondary N) is 1. The Morgan fingerprint density at radius 3 is 2.50 bits per heavy atom. The van der Waals surface area contributed by atoms with Crippen LogP contribution in [0, 0.1) is 0 Å². The summed E-state index contributed by atoms with van der Waals surface area (Å²) < 4.78 is 5.54. The maximum atomic E-state index is 5.54. The highest BCUT2D eigenvalue weighted by atomic mass is 16.5. The number of hydrogen-bond donors (Lipinski definition) is 1. The highest BCUT2D eigenvalue weighted by Crippen LogP contribution is 2.16. The zero-order valence-corrected chi connectivity index (χ0v) is 10.4. The van der Waals surface area contributed by atoms with Crippen molar-refractivity contribution < 1.29 is 4.74 Å². The lowest BCUT2D eigenvalue weighted by Crippen LogP contribution is -2.22. The van der Waals surface area contributed by atoms with E-state index >= 15 is 0 Å². The van der Waals surface area contributed by atoms with Gasteiger partial charge in [0.25, 0.3) is 0 Å². The minimum Gasteiger partial charge on any atom is -0.381 e. The van der Waals surface area contributed by atoms with Gasteiger partial charge < -0.3 is 10.1 Å². The third-order valence-electron chi connectivity index (χ3n) is 2.55. The molecule has 0 amide bonds. The molecule has 0 saturated heterocycles. The number of benzene rings is 1. The Labute approximate surface area is 99.0 Å². The lowest BCUT2D eigenvalue weighted by Gasteiger charge is -2.18. The zero-order valence-electron chi connectivity index (χ0n) is 10.4. The molecule has 16 heavy (non-hydrogen) atoms. The molecular weight excluding hydrogens is 198 g/mol. The molecule has 0 heterocycles. The summed E-state index contributed by atoms with van der Waals surface area (Å²) in [5.41, 5.74) is 1.35. The van der Waals surface area contributed by atoms with E-state index in [0.717, 1.165) is 32.6 Å². The molecule has 1 rings (SSSR count). The zero-order chi connectivity index (χ0) is 11.6. The summed E-state index contributed by atoms with van der Waals surface area (Å²) in [5, 5.41) is 3.50. The monoisotopic (exact) mass is 221 g/mol. The fraction of sp³-hybridized carbons (Fsp3) is 0.571. The van der Waals surface area contributed by atoms with Gasteiger partial charge >= 0.3 is 0 Å². The Hall–Kier alpha value is -0.860. The fourth-order valence-electron chi connectivity index (χ4n) is 1.77. The Morgan fingerprint density at radius 1 is 1.12 bits per heavy atom. The maximum absolute atomic E-state index is 5.54. The second kappa shape index (κ2) is 8.31. The van der Waals surface area contributed by atoms with Gasteiger partial charge in [0.15, 0.2) is 0 Å². The highest BCUT2D eigenvalue weighted by Gasteiger charge is 2.08. The summed E-state index contributed by atoms with van der Waals surface area (Å²) in [6, 6.07) is 11.0. The van der Waals surface area contributed by atoms with Crippen LogP contribution >= 0.6 is 0 Å². The third-order valence-corrected chi connectivity index (χ3v) is 2.55. The normalized spacial score (nSPS) is 12.6. The van der Waals surface area contributed by atoms with Crippen LogP contribution in [0.25, 0.3) is 0 Å². The topological polar surface area (TPSA) is 21.3 Å². The second-order valence-electron chi connectivity index (χ2n) is 3.92. The predicted molar refractivity (Wildman–Crippen MR) is 68.6 cm³/mol. The first-order valence-corrected chi connectivity index (χ1v) is 6.24. The molecule has 1 aromatic rings. The van der Waals surface area contributed by atoms with E-state index in [4.69, 9.17) is 4.74 Å². The van der Waals surface area contributed by atoms with Gasteiger partial charge in [-0.25, -0.2) is 0 Å². The molecule has 1 N–H and O–H groups in total. The summed E-state index contributed by atoms with van der Waals surface area (Å²) in [6.45, 7) is 6.98. The molecule has 1 atom stereocenters. The predicted octanol–water partition coefficient (Wildman–Crippen LogP) is 3.15. The first-order chi connectivity index (χ1) is 7.88. The minimum atomic E-state index is 0.419. The smallest absolute Gasteiger partial charge is 0.0484 e. The lowest BCUT2D eigenvalue weighted by molar-refractivity contribution is 0.124. The Morgan fingerprint density at radius 2 is 1.88 bits per heavy atom. The van der Waals surface area contributed by atoms with E-state index in [0.29, 0.717) is 6.04 Å². The number of hydrogen-bond acceptors (Lipinski definition) is 2. The molecule has 0 fully saturated rings. The van der Waals surface area contributed by atoms with Crippen LogP contribution in [0.3, 0.4) is 0 Å². The standard InChI is InChI=1S/C14H23NO/c1-3-11-16-12-10-14(15-4-2)13-8-6-5-7-9-13/h5-9,14-15H,3-4,10-12H2,1-2H3. The largest absolute Gasteiger partial charge is 0.381 e. The van der Waals surface area contributed by atoms with E-state index in [1.54, 1.807) is 0 Å². The van der Waals surface area contributed by atoms with E-state index in [1.165, 1.54) is 5.56 Å². The van der Waals surface area contributed by atoms with Crippen LogP contribution in [0.2, 0.25) is 0 Å². The van der Waals surface area contributed by atoms with Gasteiger partial charge in [0.05, 0.1) is 0 Å². The quantitative estimate of drug-likeness (QED) is 0.681. The van der Waals surface area contributed by atoms with Crippen molar-refractivity contribution >= 4 is 0 Å². The van der Waals surface area contributed by atoms with Crippen LogP contribution < -0.4 is 5.32 Å². The first-order valence-electron chi connectivity index (χ1n) is 6.24. The molecule has 0 saturated carbocycles. The van der Waals surface area contributed by atoms with Gasteiger partial charge in [-0.05, 0) is 24.9 Å². The van der Waals surface area contributed by atoms with Gasteiger partial charge in [-0.15, -0.1) is 0 Å². The van der Waals surface area contributed by atoms with Crippen LogP contribution in [0.5, 0.6) is 0 Å². The van der Waals surface area contributed by atoms with Crippen LogP contribution in [0.4, 0.5) is 0 Å². The summed E-state index contributed by atoms with van der Waals surface area (Å²) in [5.74, 6) is 0. The van der Waals surface area contributed by atoms with Gasteiger partial charge in [0, 0.05) is 19.3 Å². The summed E-state index contributed by atoms with van der Waals surface area (Å²) in [7, 11) is 0. The molecular formula is C14H23NO. The van der Waals surface area contributed by atoms with Crippen LogP contribution in [-0.4, -0.2) is 19.8 Å². The van der Waals surface area contributed by atoms with Crippen molar-refractivity contribution in [2.24, 2.45) is 0 Å². The number of ether oxygens (including phenoxy) is 1. The average Bonchev–Trinajstić information content (AvgIpc) is 2.34. The van der Waals surface area contributed by atoms with Crippen molar-refractivity contribution in [2.45, 2.75) is 32.7 Å². The van der Waals surface area contributed by atoms with Crippen molar-refractivity contribution in [1.29, 1.82) is 0 Å². The van der Waals surface area contributed by atoms with E-state index < -0.39 is 0 Å². The first kappa shape index (κ1) is 13.2. The van der Waals surface area contributed by atoms with Gasteiger partial charge in [0.2, 0.25) is 0 Å². The Bertz CT molecular complexity index is 261. The number of rotatable bonds is 8. The van der Waals surface area contributed by atoms with Crippen LogP contribution in [0.15, 0.2) is 30.3 Å². The molecule has 0 spiro atoms. The molecule has 1 unspecified atom stereocenters. The average molecular weight is 221 g/mol. The molecule has 0 radical (unpaired) electrons. The minimum absolute atomic E-state index is 0.419. The van der Waals surface area contributed by atoms with Crippen molar-refractivity contribution in [3.8, 4) is 0 Å². The van der Waals surface area contributed by atoms with Crippen molar-refractivity contribution in [1.82, 2.24) is 5.32 Å². The molecule has 2 heteroatoms. The van der Waals surface area contributed by atoms with Crippen LogP contribution in [-0.2, 0) is 4.74 Å². The fourth-order valence-corrected chi connectivity index (χ4v) is 1.77. The molecule has 0 aliphatic carbocycles. The van der Waals surface area contributed by atoms with Gasteiger partial charge in [-0.2, -0.15) is 0 Å². The summed E-state index contributed by atoms with van der Waals surface area (Å²) >= 11 is 0. The summed E-state index contributed by atoms with van der Waals surface area (Å²) in [4.78, 5) is 0. The van der Waals surface area contributed by atoms with Gasteiger partial charge in [0.1, 0.15) is 0 Å². The SMILES string of the molecule is CCCOCCC(NCC)c1ccccc1. The molecule has 1 aromatic carbocycles. The van der Waals surface area contributed by atoms with Crippen LogP contribution in [0.1, 0.15) is 38.3 Å².